The second-order valence-corrected chi connectivity index (χ2v) is 5.48. The highest BCUT2D eigenvalue weighted by Crippen LogP contribution is 2.08. The molecule has 0 aliphatic rings. The van der Waals surface area contributed by atoms with Gasteiger partial charge in [0.25, 0.3) is 0 Å². The molecule has 0 aliphatic heterocycles. The molecule has 0 saturated carbocycles. The minimum atomic E-state index is 0.0780. The molecule has 96 valence electrons. The van der Waals surface area contributed by atoms with E-state index in [4.69, 9.17) is 0 Å². The summed E-state index contributed by atoms with van der Waals surface area (Å²) in [6.45, 7) is 9.10. The minimum absolute atomic E-state index is 0.0780. The summed E-state index contributed by atoms with van der Waals surface area (Å²) in [5, 5.41) is 11.6. The molecule has 0 radical (unpaired) electrons. The topological polar surface area (TPSA) is 55.6 Å². The Morgan fingerprint density at radius 2 is 2.06 bits per heavy atom. The number of rotatable bonds is 3. The van der Waals surface area contributed by atoms with Crippen molar-refractivity contribution in [3.8, 4) is 5.69 Å². The lowest BCUT2D eigenvalue weighted by Gasteiger charge is -2.19. The van der Waals surface area contributed by atoms with Crippen LogP contribution in [0, 0.1) is 6.92 Å². The first-order valence-corrected chi connectivity index (χ1v) is 6.02. The fourth-order valence-electron chi connectivity index (χ4n) is 1.53. The fourth-order valence-corrected chi connectivity index (χ4v) is 1.53. The molecule has 5 heteroatoms. The largest absolute Gasteiger partial charge is 0.306 e. The van der Waals surface area contributed by atoms with Gasteiger partial charge >= 0.3 is 0 Å². The van der Waals surface area contributed by atoms with Gasteiger partial charge in [0.1, 0.15) is 0 Å². The van der Waals surface area contributed by atoms with Crippen LogP contribution < -0.4 is 5.32 Å². The quantitative estimate of drug-likeness (QED) is 0.896. The molecule has 0 aliphatic carbocycles. The van der Waals surface area contributed by atoms with Crippen LogP contribution in [-0.4, -0.2) is 25.5 Å². The maximum Gasteiger partial charge on any atom is 0.0969 e. The van der Waals surface area contributed by atoms with Gasteiger partial charge in [0.05, 0.1) is 23.8 Å². The zero-order chi connectivity index (χ0) is 13.2. The molecule has 1 N–H and O–H groups in total. The van der Waals surface area contributed by atoms with Gasteiger partial charge in [-0.2, -0.15) is 0 Å². The van der Waals surface area contributed by atoms with Gasteiger partial charge in [-0.1, -0.05) is 5.21 Å². The molecule has 0 bridgehead atoms. The van der Waals surface area contributed by atoms with Crippen LogP contribution in [0.5, 0.6) is 0 Å². The van der Waals surface area contributed by atoms with Gasteiger partial charge in [0.2, 0.25) is 0 Å². The first-order valence-electron chi connectivity index (χ1n) is 6.02. The molecule has 0 spiro atoms. The predicted molar refractivity (Wildman–Crippen MR) is 70.5 cm³/mol. The lowest BCUT2D eigenvalue weighted by atomic mass is 10.1. The first-order chi connectivity index (χ1) is 8.44. The molecule has 0 atom stereocenters. The van der Waals surface area contributed by atoms with Crippen molar-refractivity contribution < 1.29 is 0 Å². The standard InChI is InChI=1S/C13H19N5/c1-10-5-12(8-14-6-10)18-9-11(16-17-18)7-15-13(2,3)4/h5-6,8-9,15H,7H2,1-4H3. The molecule has 18 heavy (non-hydrogen) atoms. The SMILES string of the molecule is Cc1cncc(-n2cc(CNC(C)(C)C)nn2)c1. The molecule has 0 saturated heterocycles. The third-order valence-electron chi connectivity index (χ3n) is 2.47. The van der Waals surface area contributed by atoms with E-state index in [0.717, 1.165) is 16.9 Å². The zero-order valence-corrected chi connectivity index (χ0v) is 11.3. The number of aryl methyl sites for hydroxylation is 1. The van der Waals surface area contributed by atoms with Crippen LogP contribution in [0.2, 0.25) is 0 Å². The maximum absolute atomic E-state index is 4.15. The summed E-state index contributed by atoms with van der Waals surface area (Å²) < 4.78 is 1.75. The van der Waals surface area contributed by atoms with E-state index in [2.05, 4.69) is 41.4 Å². The van der Waals surface area contributed by atoms with Crippen molar-refractivity contribution >= 4 is 0 Å². The number of aromatic nitrogens is 4. The van der Waals surface area contributed by atoms with E-state index in [-0.39, 0.29) is 5.54 Å². The predicted octanol–water partition coefficient (Wildman–Crippen LogP) is 1.86. The fraction of sp³-hybridized carbons (Fsp3) is 0.462. The van der Waals surface area contributed by atoms with Crippen LogP contribution in [-0.2, 0) is 6.54 Å². The average molecular weight is 245 g/mol. The van der Waals surface area contributed by atoms with Gasteiger partial charge in [-0.15, -0.1) is 5.10 Å². The Kier molecular flexibility index (Phi) is 3.43. The lowest BCUT2D eigenvalue weighted by Crippen LogP contribution is -2.35. The third-order valence-corrected chi connectivity index (χ3v) is 2.47. The van der Waals surface area contributed by atoms with E-state index in [0.29, 0.717) is 6.54 Å². The van der Waals surface area contributed by atoms with Gasteiger partial charge in [0, 0.05) is 18.3 Å². The summed E-state index contributed by atoms with van der Waals surface area (Å²) in [5.41, 5.74) is 3.04. The molecular formula is C13H19N5. The summed E-state index contributed by atoms with van der Waals surface area (Å²) in [6.07, 6.45) is 5.53. The van der Waals surface area contributed by atoms with Crippen LogP contribution in [0.1, 0.15) is 32.0 Å². The van der Waals surface area contributed by atoms with Gasteiger partial charge in [0.15, 0.2) is 0 Å². The Bertz CT molecular complexity index is 524. The minimum Gasteiger partial charge on any atom is -0.306 e. The Hall–Kier alpha value is -1.75. The molecule has 2 heterocycles. The number of hydrogen-bond donors (Lipinski definition) is 1. The van der Waals surface area contributed by atoms with Crippen LogP contribution in [0.15, 0.2) is 24.7 Å². The molecular weight excluding hydrogens is 226 g/mol. The highest BCUT2D eigenvalue weighted by Gasteiger charge is 2.10. The first kappa shape index (κ1) is 12.7. The van der Waals surface area contributed by atoms with E-state index in [1.54, 1.807) is 10.9 Å². The van der Waals surface area contributed by atoms with Crippen molar-refractivity contribution in [3.05, 3.63) is 35.9 Å². The Morgan fingerprint density at radius 1 is 1.28 bits per heavy atom. The van der Waals surface area contributed by atoms with Crippen LogP contribution in [0.3, 0.4) is 0 Å². The van der Waals surface area contributed by atoms with Gasteiger partial charge in [-0.3, -0.25) is 4.98 Å². The summed E-state index contributed by atoms with van der Waals surface area (Å²) in [6, 6.07) is 2.03. The normalized spacial score (nSPS) is 11.8. The van der Waals surface area contributed by atoms with Crippen molar-refractivity contribution in [1.82, 2.24) is 25.3 Å². The van der Waals surface area contributed by atoms with E-state index < -0.39 is 0 Å². The zero-order valence-electron chi connectivity index (χ0n) is 11.3. The molecule has 0 unspecified atom stereocenters. The summed E-state index contributed by atoms with van der Waals surface area (Å²) >= 11 is 0. The van der Waals surface area contributed by atoms with Crippen molar-refractivity contribution in [2.24, 2.45) is 0 Å². The lowest BCUT2D eigenvalue weighted by molar-refractivity contribution is 0.421. The maximum atomic E-state index is 4.15. The van der Waals surface area contributed by atoms with Crippen molar-refractivity contribution in [2.45, 2.75) is 39.8 Å². The van der Waals surface area contributed by atoms with Gasteiger partial charge < -0.3 is 5.32 Å². The average Bonchev–Trinajstić information content (AvgIpc) is 2.74. The Morgan fingerprint density at radius 3 is 2.72 bits per heavy atom. The number of nitrogens with zero attached hydrogens (tertiary/aromatic N) is 4. The monoisotopic (exact) mass is 245 g/mol. The van der Waals surface area contributed by atoms with Gasteiger partial charge in [-0.05, 0) is 39.3 Å². The van der Waals surface area contributed by atoms with Crippen LogP contribution in [0.25, 0.3) is 5.69 Å². The van der Waals surface area contributed by atoms with Crippen molar-refractivity contribution in [1.29, 1.82) is 0 Å². The molecule has 2 rings (SSSR count). The number of pyridine rings is 1. The van der Waals surface area contributed by atoms with E-state index >= 15 is 0 Å². The molecule has 5 nitrogen and oxygen atoms in total. The van der Waals surface area contributed by atoms with Crippen molar-refractivity contribution in [3.63, 3.8) is 0 Å². The highest BCUT2D eigenvalue weighted by atomic mass is 15.4. The second-order valence-electron chi connectivity index (χ2n) is 5.48. The summed E-state index contributed by atoms with van der Waals surface area (Å²) in [5.74, 6) is 0. The molecule has 0 aromatic carbocycles. The van der Waals surface area contributed by atoms with E-state index in [1.807, 2.05) is 25.4 Å². The molecule has 2 aromatic rings. The molecule has 0 fully saturated rings. The van der Waals surface area contributed by atoms with Gasteiger partial charge in [-0.25, -0.2) is 4.68 Å². The summed E-state index contributed by atoms with van der Waals surface area (Å²) in [4.78, 5) is 4.15. The molecule has 2 aromatic heterocycles. The van der Waals surface area contributed by atoms with Crippen molar-refractivity contribution in [2.75, 3.05) is 0 Å². The van der Waals surface area contributed by atoms with Crippen LogP contribution >= 0.6 is 0 Å². The van der Waals surface area contributed by atoms with E-state index in [1.165, 1.54) is 0 Å². The van der Waals surface area contributed by atoms with E-state index in [9.17, 15) is 0 Å². The third kappa shape index (κ3) is 3.37. The summed E-state index contributed by atoms with van der Waals surface area (Å²) in [7, 11) is 0. The second kappa shape index (κ2) is 4.86. The Balaban J connectivity index is 2.11. The van der Waals surface area contributed by atoms with Crippen LogP contribution in [0.4, 0.5) is 0 Å². The smallest absolute Gasteiger partial charge is 0.0969 e. The highest BCUT2D eigenvalue weighted by molar-refractivity contribution is 5.30. The Labute approximate surface area is 107 Å². The number of nitrogens with one attached hydrogen (secondary N) is 1. The molecule has 0 amide bonds. The number of hydrogen-bond acceptors (Lipinski definition) is 4.